The zero-order chi connectivity index (χ0) is 26.2. The molecule has 0 aromatic heterocycles. The highest BCUT2D eigenvalue weighted by atomic mass is 16.7. The van der Waals surface area contributed by atoms with Gasteiger partial charge in [0.15, 0.2) is 6.29 Å². The highest BCUT2D eigenvalue weighted by Crippen LogP contribution is 2.69. The molecule has 4 aliphatic carbocycles. The summed E-state index contributed by atoms with van der Waals surface area (Å²) in [4.78, 5) is 11.8. The van der Waals surface area contributed by atoms with Crippen molar-refractivity contribution < 1.29 is 28.8 Å². The normalized spacial score (nSPS) is 49.7. The van der Waals surface area contributed by atoms with E-state index in [0.29, 0.717) is 24.9 Å². The number of ether oxygens (including phenoxy) is 4. The maximum absolute atomic E-state index is 11.8. The van der Waals surface area contributed by atoms with Crippen LogP contribution in [0, 0.1) is 28.1 Å². The molecule has 1 saturated heterocycles. The van der Waals surface area contributed by atoms with Crippen LogP contribution < -0.4 is 0 Å². The van der Waals surface area contributed by atoms with Crippen molar-refractivity contribution in [1.29, 1.82) is 0 Å². The third-order valence-electron chi connectivity index (χ3n) is 12.1. The molecule has 0 aromatic carbocycles. The highest BCUT2D eigenvalue weighted by Gasteiger charge is 2.60. The van der Waals surface area contributed by atoms with Crippen LogP contribution in [-0.2, 0) is 23.7 Å². The molecule has 6 heteroatoms. The fraction of sp³-hybridized carbons (Fsp3) is 0.839. The number of fused-ring (bicyclic) bond motifs is 4. The number of rotatable bonds is 4. The minimum absolute atomic E-state index is 0.157. The minimum atomic E-state index is -0.605. The Kier molecular flexibility index (Phi) is 6.46. The Hall–Kier alpha value is -1.21. The van der Waals surface area contributed by atoms with Gasteiger partial charge in [-0.05, 0) is 98.4 Å². The lowest BCUT2D eigenvalue weighted by atomic mass is 9.43. The van der Waals surface area contributed by atoms with Gasteiger partial charge < -0.3 is 24.1 Å². The lowest BCUT2D eigenvalue weighted by Crippen LogP contribution is -2.55. The maximum atomic E-state index is 11.8. The molecule has 206 valence electrons. The molecule has 0 aromatic rings. The Morgan fingerprint density at radius 1 is 1.05 bits per heavy atom. The third kappa shape index (κ3) is 3.99. The van der Waals surface area contributed by atoms with E-state index >= 15 is 0 Å². The lowest BCUT2D eigenvalue weighted by Gasteiger charge is -2.62. The quantitative estimate of drug-likeness (QED) is 0.304. The van der Waals surface area contributed by atoms with Crippen molar-refractivity contribution >= 4 is 5.97 Å². The second-order valence-corrected chi connectivity index (χ2v) is 13.7. The van der Waals surface area contributed by atoms with Crippen molar-refractivity contribution in [3.63, 3.8) is 0 Å². The van der Waals surface area contributed by atoms with Gasteiger partial charge in [0, 0.05) is 19.6 Å². The average molecular weight is 515 g/mol. The largest absolute Gasteiger partial charge is 0.458 e. The van der Waals surface area contributed by atoms with Crippen molar-refractivity contribution in [2.45, 2.75) is 123 Å². The van der Waals surface area contributed by atoms with Crippen LogP contribution in [0.5, 0.6) is 0 Å². The molecule has 0 bridgehead atoms. The smallest absolute Gasteiger partial charge is 0.331 e. The van der Waals surface area contributed by atoms with E-state index in [9.17, 15) is 9.90 Å². The summed E-state index contributed by atoms with van der Waals surface area (Å²) in [6.07, 6.45) is 11.6. The Morgan fingerprint density at radius 3 is 2.59 bits per heavy atom. The topological polar surface area (TPSA) is 74.2 Å². The molecule has 2 heterocycles. The average Bonchev–Trinajstić information content (AvgIpc) is 3.44. The van der Waals surface area contributed by atoms with E-state index in [2.05, 4.69) is 20.8 Å². The van der Waals surface area contributed by atoms with Gasteiger partial charge in [0.25, 0.3) is 0 Å². The number of aliphatic hydroxyl groups is 1. The number of carbonyl (C=O) groups is 1. The monoisotopic (exact) mass is 514 g/mol. The molecule has 6 aliphatic rings. The molecule has 0 spiro atoms. The molecule has 37 heavy (non-hydrogen) atoms. The van der Waals surface area contributed by atoms with E-state index in [1.165, 1.54) is 44.1 Å². The molecule has 1 N–H and O–H groups in total. The van der Waals surface area contributed by atoms with Crippen LogP contribution in [0.25, 0.3) is 0 Å². The first-order valence-corrected chi connectivity index (χ1v) is 14.7. The van der Waals surface area contributed by atoms with Gasteiger partial charge in [-0.3, -0.25) is 0 Å². The number of esters is 1. The van der Waals surface area contributed by atoms with E-state index in [4.69, 9.17) is 18.9 Å². The van der Waals surface area contributed by atoms with Crippen LogP contribution in [0.2, 0.25) is 0 Å². The van der Waals surface area contributed by atoms with Gasteiger partial charge in [0.2, 0.25) is 0 Å². The van der Waals surface area contributed by atoms with E-state index in [0.717, 1.165) is 19.3 Å². The van der Waals surface area contributed by atoms with Crippen LogP contribution in [0.3, 0.4) is 0 Å². The second-order valence-electron chi connectivity index (χ2n) is 13.7. The SMILES string of the molecule is CO[C@@H]1C[C@H](O[C@@H]2CC[C@]3(C)[C@@H]4CC[C@]5(C)C(=C4CC[C@]3(C)C2)CC[C@@H]5C2=CC(=O)OC2)O[C@@H](C)[C@@H]1O. The molecule has 6 nitrogen and oxygen atoms in total. The van der Waals surface area contributed by atoms with Crippen LogP contribution in [0.15, 0.2) is 22.8 Å². The summed E-state index contributed by atoms with van der Waals surface area (Å²) in [5.41, 5.74) is 5.43. The van der Waals surface area contributed by atoms with E-state index in [-0.39, 0.29) is 46.8 Å². The zero-order valence-electron chi connectivity index (χ0n) is 23.4. The van der Waals surface area contributed by atoms with Crippen LogP contribution in [0.1, 0.15) is 91.9 Å². The predicted molar refractivity (Wildman–Crippen MR) is 140 cm³/mol. The summed E-state index contributed by atoms with van der Waals surface area (Å²) in [5.74, 6) is 0.957. The molecule has 4 fully saturated rings. The number of hydrogen-bond donors (Lipinski definition) is 1. The Balaban J connectivity index is 1.19. The van der Waals surface area contributed by atoms with Gasteiger partial charge >= 0.3 is 5.97 Å². The molecule has 0 radical (unpaired) electrons. The van der Waals surface area contributed by atoms with Gasteiger partial charge in [0.05, 0.1) is 18.3 Å². The first kappa shape index (κ1) is 26.0. The third-order valence-corrected chi connectivity index (χ3v) is 12.1. The summed E-state index contributed by atoms with van der Waals surface area (Å²) in [6, 6.07) is 0. The summed E-state index contributed by atoms with van der Waals surface area (Å²) in [5, 5.41) is 10.3. The second kappa shape index (κ2) is 9.18. The Bertz CT molecular complexity index is 1000. The van der Waals surface area contributed by atoms with Gasteiger partial charge in [-0.2, -0.15) is 0 Å². The number of hydrogen-bond acceptors (Lipinski definition) is 6. The van der Waals surface area contributed by atoms with Gasteiger partial charge in [-0.15, -0.1) is 0 Å². The standard InChI is InChI=1S/C31H46O6/c1-18-28(33)25(34-5)15-27(36-18)37-20-8-13-31(4)24-10-12-30(3)22(19-14-26(32)35-17-19)6-7-23(30)21(24)9-11-29(31,2)16-20/h14,18,20,22,24-25,27-28,33H,6-13,15-17H2,1-5H3/t18-,20+,22+,24+,25+,27-,28-,29+,30-,31+/m0/s1. The molecule has 0 amide bonds. The van der Waals surface area contributed by atoms with E-state index in [1.54, 1.807) is 24.3 Å². The maximum Gasteiger partial charge on any atom is 0.331 e. The number of carbonyl (C=O) groups excluding carboxylic acids is 1. The fourth-order valence-electron chi connectivity index (χ4n) is 9.65. The van der Waals surface area contributed by atoms with Crippen molar-refractivity contribution in [1.82, 2.24) is 0 Å². The highest BCUT2D eigenvalue weighted by molar-refractivity contribution is 5.85. The van der Waals surface area contributed by atoms with E-state index in [1.807, 2.05) is 6.92 Å². The van der Waals surface area contributed by atoms with Crippen LogP contribution >= 0.6 is 0 Å². The molecule has 0 unspecified atom stereocenters. The summed E-state index contributed by atoms with van der Waals surface area (Å²) in [7, 11) is 1.66. The summed E-state index contributed by atoms with van der Waals surface area (Å²) >= 11 is 0. The molecule has 6 rings (SSSR count). The zero-order valence-corrected chi connectivity index (χ0v) is 23.4. The van der Waals surface area contributed by atoms with Gasteiger partial charge in [-0.1, -0.05) is 31.9 Å². The van der Waals surface area contributed by atoms with Crippen LogP contribution in [-0.4, -0.2) is 55.5 Å². The van der Waals surface area contributed by atoms with E-state index < -0.39 is 6.10 Å². The van der Waals surface area contributed by atoms with Gasteiger partial charge in [-0.25, -0.2) is 4.79 Å². The number of methoxy groups -OCH3 is 1. The molecule has 2 aliphatic heterocycles. The number of aliphatic hydroxyl groups excluding tert-OH is 1. The fourth-order valence-corrected chi connectivity index (χ4v) is 9.65. The first-order chi connectivity index (χ1) is 17.6. The minimum Gasteiger partial charge on any atom is -0.458 e. The summed E-state index contributed by atoms with van der Waals surface area (Å²) < 4.78 is 23.4. The van der Waals surface area contributed by atoms with Crippen molar-refractivity contribution in [2.75, 3.05) is 13.7 Å². The van der Waals surface area contributed by atoms with Crippen LogP contribution in [0.4, 0.5) is 0 Å². The summed E-state index contributed by atoms with van der Waals surface area (Å²) in [6.45, 7) is 9.97. The van der Waals surface area contributed by atoms with Crippen molar-refractivity contribution in [3.8, 4) is 0 Å². The molecule has 3 saturated carbocycles. The predicted octanol–water partition coefficient (Wildman–Crippen LogP) is 5.48. The van der Waals surface area contributed by atoms with Crippen molar-refractivity contribution in [3.05, 3.63) is 22.8 Å². The number of cyclic esters (lactones) is 1. The molecule has 10 atom stereocenters. The first-order valence-electron chi connectivity index (χ1n) is 14.7. The Labute approximate surface area is 222 Å². The number of allylic oxidation sites excluding steroid dienone is 2. The van der Waals surface area contributed by atoms with Crippen molar-refractivity contribution in [2.24, 2.45) is 28.1 Å². The lowest BCUT2D eigenvalue weighted by molar-refractivity contribution is -0.273. The van der Waals surface area contributed by atoms with Gasteiger partial charge in [0.1, 0.15) is 12.7 Å². The Morgan fingerprint density at radius 2 is 1.86 bits per heavy atom. The molecular formula is C31H46O6. The molecular weight excluding hydrogens is 468 g/mol.